The molecule has 3 rings (SSSR count). The fourth-order valence-corrected chi connectivity index (χ4v) is 2.89. The van der Waals surface area contributed by atoms with Gasteiger partial charge in [0.25, 0.3) is 0 Å². The van der Waals surface area contributed by atoms with Crippen molar-refractivity contribution in [2.75, 3.05) is 39.8 Å². The van der Waals surface area contributed by atoms with Crippen LogP contribution in [0.15, 0.2) is 24.3 Å². The van der Waals surface area contributed by atoms with E-state index in [1.54, 1.807) is 0 Å². The summed E-state index contributed by atoms with van der Waals surface area (Å²) in [4.78, 5) is 4.99. The number of hydrogen-bond acceptors (Lipinski definition) is 3. The quantitative estimate of drug-likeness (QED) is 0.780. The number of fused-ring (bicyclic) bond motifs is 1. The highest BCUT2D eigenvalue weighted by Crippen LogP contribution is 2.26. The Morgan fingerprint density at radius 3 is 2.71 bits per heavy atom. The summed E-state index contributed by atoms with van der Waals surface area (Å²) >= 11 is 0. The molecule has 1 atom stereocenters. The Bertz CT molecular complexity index is 383. The molecule has 2 aliphatic heterocycles. The fourth-order valence-electron chi connectivity index (χ4n) is 2.89. The van der Waals surface area contributed by atoms with Crippen LogP contribution in [-0.4, -0.2) is 49.6 Å². The van der Waals surface area contributed by atoms with Crippen molar-refractivity contribution in [2.24, 2.45) is 0 Å². The Morgan fingerprint density at radius 2 is 1.88 bits per heavy atom. The zero-order valence-corrected chi connectivity index (χ0v) is 10.5. The molecule has 2 aliphatic rings. The Hall–Kier alpha value is -0.900. The van der Waals surface area contributed by atoms with Gasteiger partial charge in [-0.2, -0.15) is 0 Å². The van der Waals surface area contributed by atoms with Gasteiger partial charge in [-0.3, -0.25) is 10.2 Å². The standard InChI is InChI=1S/C14H21N3/c1-16-8-10-17(11-9-16)14-13-5-3-2-4-12(13)6-7-15-14/h2-5,14-15H,6-11H2,1H3. The summed E-state index contributed by atoms with van der Waals surface area (Å²) in [5.74, 6) is 0. The number of likely N-dealkylation sites (N-methyl/N-ethyl adjacent to an activating group) is 1. The third kappa shape index (κ3) is 2.23. The smallest absolute Gasteiger partial charge is 0.0864 e. The summed E-state index contributed by atoms with van der Waals surface area (Å²) in [6.45, 7) is 5.81. The summed E-state index contributed by atoms with van der Waals surface area (Å²) in [6.07, 6.45) is 1.61. The van der Waals surface area contributed by atoms with E-state index < -0.39 is 0 Å². The number of piperazine rings is 1. The lowest BCUT2D eigenvalue weighted by Crippen LogP contribution is -2.51. The highest BCUT2D eigenvalue weighted by Gasteiger charge is 2.27. The molecule has 1 unspecified atom stereocenters. The minimum Gasteiger partial charge on any atom is -0.304 e. The Morgan fingerprint density at radius 1 is 1.12 bits per heavy atom. The van der Waals surface area contributed by atoms with Gasteiger partial charge >= 0.3 is 0 Å². The summed E-state index contributed by atoms with van der Waals surface area (Å²) in [5, 5.41) is 3.67. The number of hydrogen-bond donors (Lipinski definition) is 1. The summed E-state index contributed by atoms with van der Waals surface area (Å²) in [6, 6.07) is 8.88. The highest BCUT2D eigenvalue weighted by atomic mass is 15.3. The fraction of sp³-hybridized carbons (Fsp3) is 0.571. The van der Waals surface area contributed by atoms with E-state index in [0.29, 0.717) is 6.17 Å². The van der Waals surface area contributed by atoms with E-state index in [-0.39, 0.29) is 0 Å². The monoisotopic (exact) mass is 231 g/mol. The maximum atomic E-state index is 3.67. The molecule has 1 aromatic carbocycles. The molecule has 2 heterocycles. The Balaban J connectivity index is 1.80. The molecule has 17 heavy (non-hydrogen) atoms. The van der Waals surface area contributed by atoms with Crippen LogP contribution in [0, 0.1) is 0 Å². The van der Waals surface area contributed by atoms with E-state index >= 15 is 0 Å². The van der Waals surface area contributed by atoms with E-state index in [4.69, 9.17) is 0 Å². The second-order valence-corrected chi connectivity index (χ2v) is 5.14. The molecule has 0 aliphatic carbocycles. The number of nitrogens with one attached hydrogen (secondary N) is 1. The van der Waals surface area contributed by atoms with Gasteiger partial charge in [0.05, 0.1) is 6.17 Å². The lowest BCUT2D eigenvalue weighted by Gasteiger charge is -2.40. The first-order valence-corrected chi connectivity index (χ1v) is 6.58. The van der Waals surface area contributed by atoms with Crippen molar-refractivity contribution < 1.29 is 0 Å². The normalized spacial score (nSPS) is 26.8. The highest BCUT2D eigenvalue weighted by molar-refractivity contribution is 5.32. The van der Waals surface area contributed by atoms with Crippen LogP contribution in [-0.2, 0) is 6.42 Å². The zero-order chi connectivity index (χ0) is 11.7. The third-order valence-corrected chi connectivity index (χ3v) is 3.98. The van der Waals surface area contributed by atoms with Crippen LogP contribution in [0.2, 0.25) is 0 Å². The van der Waals surface area contributed by atoms with Crippen molar-refractivity contribution in [3.05, 3.63) is 35.4 Å². The van der Waals surface area contributed by atoms with Crippen LogP contribution in [0.1, 0.15) is 17.3 Å². The van der Waals surface area contributed by atoms with Gasteiger partial charge in [0.1, 0.15) is 0 Å². The van der Waals surface area contributed by atoms with Crippen LogP contribution in [0.25, 0.3) is 0 Å². The Kier molecular flexibility index (Phi) is 3.14. The van der Waals surface area contributed by atoms with Crippen molar-refractivity contribution >= 4 is 0 Å². The van der Waals surface area contributed by atoms with Crippen LogP contribution >= 0.6 is 0 Å². The van der Waals surface area contributed by atoms with Gasteiger partial charge in [-0.25, -0.2) is 0 Å². The Labute approximate surface area is 103 Å². The molecule has 0 amide bonds. The lowest BCUT2D eigenvalue weighted by atomic mass is 9.97. The van der Waals surface area contributed by atoms with Gasteiger partial charge in [0.15, 0.2) is 0 Å². The van der Waals surface area contributed by atoms with Crippen molar-refractivity contribution in [3.8, 4) is 0 Å². The van der Waals surface area contributed by atoms with Gasteiger partial charge in [-0.15, -0.1) is 0 Å². The molecule has 0 bridgehead atoms. The summed E-state index contributed by atoms with van der Waals surface area (Å²) in [5.41, 5.74) is 3.01. The minimum atomic E-state index is 0.439. The topological polar surface area (TPSA) is 18.5 Å². The number of rotatable bonds is 1. The number of nitrogens with zero attached hydrogens (tertiary/aromatic N) is 2. The first kappa shape index (κ1) is 11.2. The molecular formula is C14H21N3. The van der Waals surface area contributed by atoms with E-state index in [0.717, 1.165) is 6.54 Å². The van der Waals surface area contributed by atoms with Gasteiger partial charge < -0.3 is 4.90 Å². The molecule has 1 saturated heterocycles. The zero-order valence-electron chi connectivity index (χ0n) is 10.5. The number of benzene rings is 1. The first-order valence-electron chi connectivity index (χ1n) is 6.58. The van der Waals surface area contributed by atoms with Crippen LogP contribution in [0.4, 0.5) is 0 Å². The minimum absolute atomic E-state index is 0.439. The molecule has 1 aromatic rings. The second-order valence-electron chi connectivity index (χ2n) is 5.14. The van der Waals surface area contributed by atoms with Crippen LogP contribution < -0.4 is 5.32 Å². The molecule has 3 nitrogen and oxygen atoms in total. The van der Waals surface area contributed by atoms with Gasteiger partial charge in [0.2, 0.25) is 0 Å². The van der Waals surface area contributed by atoms with Crippen molar-refractivity contribution in [3.63, 3.8) is 0 Å². The molecule has 92 valence electrons. The van der Waals surface area contributed by atoms with Gasteiger partial charge in [-0.05, 0) is 24.6 Å². The second kappa shape index (κ2) is 4.77. The molecular weight excluding hydrogens is 210 g/mol. The van der Waals surface area contributed by atoms with Gasteiger partial charge in [0, 0.05) is 32.7 Å². The predicted octanol–water partition coefficient (Wildman–Crippen LogP) is 1.08. The predicted molar refractivity (Wildman–Crippen MR) is 70.0 cm³/mol. The molecule has 0 radical (unpaired) electrons. The summed E-state index contributed by atoms with van der Waals surface area (Å²) < 4.78 is 0. The van der Waals surface area contributed by atoms with Crippen LogP contribution in [0.3, 0.4) is 0 Å². The van der Waals surface area contributed by atoms with Crippen molar-refractivity contribution in [2.45, 2.75) is 12.6 Å². The maximum Gasteiger partial charge on any atom is 0.0864 e. The SMILES string of the molecule is CN1CCN(C2NCCc3ccccc32)CC1. The van der Waals surface area contributed by atoms with Gasteiger partial charge in [-0.1, -0.05) is 24.3 Å². The van der Waals surface area contributed by atoms with E-state index in [9.17, 15) is 0 Å². The van der Waals surface area contributed by atoms with E-state index in [1.165, 1.54) is 43.7 Å². The van der Waals surface area contributed by atoms with Crippen molar-refractivity contribution in [1.29, 1.82) is 0 Å². The lowest BCUT2D eigenvalue weighted by molar-refractivity contribution is 0.0906. The molecule has 3 heteroatoms. The molecule has 0 saturated carbocycles. The molecule has 0 aromatic heterocycles. The molecule has 0 spiro atoms. The average Bonchev–Trinajstić information content (AvgIpc) is 2.39. The third-order valence-electron chi connectivity index (χ3n) is 3.98. The summed E-state index contributed by atoms with van der Waals surface area (Å²) in [7, 11) is 2.21. The molecule has 1 fully saturated rings. The van der Waals surface area contributed by atoms with E-state index in [1.807, 2.05) is 0 Å². The largest absolute Gasteiger partial charge is 0.304 e. The van der Waals surface area contributed by atoms with Crippen molar-refractivity contribution in [1.82, 2.24) is 15.1 Å². The molecule has 1 N–H and O–H groups in total. The van der Waals surface area contributed by atoms with Crippen LogP contribution in [0.5, 0.6) is 0 Å². The first-order chi connectivity index (χ1) is 8.34. The maximum absolute atomic E-state index is 3.67. The van der Waals surface area contributed by atoms with E-state index in [2.05, 4.69) is 46.4 Å². The average molecular weight is 231 g/mol.